The number of thiophene rings is 1. The molecule has 0 radical (unpaired) electrons. The molecular formula is C17H17N5O2S. The second-order valence-electron chi connectivity index (χ2n) is 5.25. The first-order valence-electron chi connectivity index (χ1n) is 7.61. The molecule has 0 fully saturated rings. The number of amides is 1. The molecule has 1 amide bonds. The van der Waals surface area contributed by atoms with Crippen LogP contribution in [-0.2, 0) is 6.42 Å². The number of carboxylic acid groups (broad SMARTS) is 1. The third-order valence-electron chi connectivity index (χ3n) is 3.47. The molecule has 0 aliphatic carbocycles. The average Bonchev–Trinajstić information content (AvgIpc) is 3.27. The minimum absolute atomic E-state index is 0.317. The summed E-state index contributed by atoms with van der Waals surface area (Å²) in [5, 5.41) is 12.8. The first-order chi connectivity index (χ1) is 12.1. The third kappa shape index (κ3) is 4.45. The summed E-state index contributed by atoms with van der Waals surface area (Å²) in [6.45, 7) is 0.317. The van der Waals surface area contributed by atoms with Crippen molar-refractivity contribution >= 4 is 29.0 Å². The molecule has 3 aromatic rings. The van der Waals surface area contributed by atoms with Gasteiger partial charge in [0.1, 0.15) is 11.7 Å². The van der Waals surface area contributed by atoms with E-state index in [-0.39, 0.29) is 0 Å². The Balaban J connectivity index is 1.67. The van der Waals surface area contributed by atoms with Crippen molar-refractivity contribution in [3.05, 3.63) is 58.7 Å². The molecule has 0 aliphatic rings. The van der Waals surface area contributed by atoms with Gasteiger partial charge in [-0.2, -0.15) is 0 Å². The largest absolute Gasteiger partial charge is 0.465 e. The van der Waals surface area contributed by atoms with Gasteiger partial charge in [0.2, 0.25) is 0 Å². The van der Waals surface area contributed by atoms with Gasteiger partial charge in [-0.05, 0) is 29.1 Å². The van der Waals surface area contributed by atoms with Gasteiger partial charge in [-0.25, -0.2) is 14.8 Å². The Labute approximate surface area is 148 Å². The molecule has 0 unspecified atom stereocenters. The van der Waals surface area contributed by atoms with Crippen LogP contribution in [0.25, 0.3) is 11.3 Å². The van der Waals surface area contributed by atoms with Crippen LogP contribution in [-0.4, -0.2) is 33.5 Å². The number of imidazole rings is 1. The highest BCUT2D eigenvalue weighted by atomic mass is 32.1. The summed E-state index contributed by atoms with van der Waals surface area (Å²) in [6, 6.07) is 11.5. The van der Waals surface area contributed by atoms with E-state index in [1.165, 1.54) is 0 Å². The van der Waals surface area contributed by atoms with Crippen molar-refractivity contribution in [3.63, 3.8) is 0 Å². The fourth-order valence-electron chi connectivity index (χ4n) is 2.26. The highest BCUT2D eigenvalue weighted by molar-refractivity contribution is 7.12. The number of H-pyrrole nitrogens is 1. The Morgan fingerprint density at radius 1 is 1.32 bits per heavy atom. The van der Waals surface area contributed by atoms with Crippen molar-refractivity contribution < 1.29 is 9.90 Å². The molecule has 128 valence electrons. The van der Waals surface area contributed by atoms with Gasteiger partial charge in [0.05, 0.1) is 22.5 Å². The first kappa shape index (κ1) is 16.7. The van der Waals surface area contributed by atoms with Gasteiger partial charge in [0, 0.05) is 13.0 Å². The monoisotopic (exact) mass is 355 g/mol. The van der Waals surface area contributed by atoms with Gasteiger partial charge < -0.3 is 21.1 Å². The topological polar surface area (TPSA) is 116 Å². The fraction of sp³-hybridized carbons (Fsp3) is 0.118. The lowest BCUT2D eigenvalue weighted by Gasteiger charge is -2.01. The zero-order valence-electron chi connectivity index (χ0n) is 13.3. The summed E-state index contributed by atoms with van der Waals surface area (Å²) in [7, 11) is 0. The summed E-state index contributed by atoms with van der Waals surface area (Å²) in [6.07, 6.45) is 1.20. The fourth-order valence-corrected chi connectivity index (χ4v) is 2.89. The van der Waals surface area contributed by atoms with E-state index in [1.807, 2.05) is 41.8 Å². The molecule has 8 heteroatoms. The lowest BCUT2D eigenvalue weighted by atomic mass is 10.1. The molecule has 2 heterocycles. The number of rotatable bonds is 6. The van der Waals surface area contributed by atoms with Crippen LogP contribution < -0.4 is 11.1 Å². The highest BCUT2D eigenvalue weighted by Gasteiger charge is 2.05. The Morgan fingerprint density at radius 3 is 2.80 bits per heavy atom. The van der Waals surface area contributed by atoms with Crippen LogP contribution in [0, 0.1) is 0 Å². The summed E-state index contributed by atoms with van der Waals surface area (Å²) < 4.78 is 0. The Kier molecular flexibility index (Phi) is 5.10. The van der Waals surface area contributed by atoms with Gasteiger partial charge >= 0.3 is 6.09 Å². The molecule has 2 aromatic heterocycles. The second-order valence-corrected chi connectivity index (χ2v) is 6.19. The summed E-state index contributed by atoms with van der Waals surface area (Å²) in [4.78, 5) is 23.2. The Hall–Kier alpha value is -3.13. The molecular weight excluding hydrogens is 338 g/mol. The van der Waals surface area contributed by atoms with E-state index in [0.717, 1.165) is 27.6 Å². The van der Waals surface area contributed by atoms with Crippen molar-refractivity contribution in [3.8, 4) is 11.3 Å². The Morgan fingerprint density at radius 2 is 2.12 bits per heavy atom. The maximum absolute atomic E-state index is 10.4. The lowest BCUT2D eigenvalue weighted by Crippen LogP contribution is -2.23. The molecule has 3 rings (SSSR count). The number of hydrogen-bond acceptors (Lipinski definition) is 4. The summed E-state index contributed by atoms with van der Waals surface area (Å²) in [5.41, 5.74) is 8.60. The van der Waals surface area contributed by atoms with E-state index in [0.29, 0.717) is 18.8 Å². The van der Waals surface area contributed by atoms with E-state index in [4.69, 9.17) is 10.8 Å². The van der Waals surface area contributed by atoms with E-state index in [2.05, 4.69) is 20.3 Å². The average molecular weight is 355 g/mol. The van der Waals surface area contributed by atoms with Gasteiger partial charge in [-0.1, -0.05) is 18.2 Å². The van der Waals surface area contributed by atoms with Crippen molar-refractivity contribution in [1.29, 1.82) is 0 Å². The standard InChI is InChI=1S/C17H17N5O2S/c18-16(14-2-1-9-25-14)21-12-5-3-11(4-6-12)13-10-20-15(22-13)7-8-19-17(23)24/h1-6,9-10,19H,7-8H2,(H2,18,21)(H,20,22)(H,23,24). The van der Waals surface area contributed by atoms with Crippen molar-refractivity contribution in [2.45, 2.75) is 6.42 Å². The predicted octanol–water partition coefficient (Wildman–Crippen LogP) is 2.99. The molecule has 0 bridgehead atoms. The highest BCUT2D eigenvalue weighted by Crippen LogP contribution is 2.22. The Bertz CT molecular complexity index is 869. The van der Waals surface area contributed by atoms with Crippen molar-refractivity contribution in [2.24, 2.45) is 10.7 Å². The predicted molar refractivity (Wildman–Crippen MR) is 98.5 cm³/mol. The number of benzene rings is 1. The molecule has 5 N–H and O–H groups in total. The van der Waals surface area contributed by atoms with Crippen LogP contribution in [0.1, 0.15) is 10.7 Å². The smallest absolute Gasteiger partial charge is 0.404 e. The molecule has 25 heavy (non-hydrogen) atoms. The number of nitrogens with one attached hydrogen (secondary N) is 2. The van der Waals surface area contributed by atoms with Crippen molar-refractivity contribution in [1.82, 2.24) is 15.3 Å². The lowest BCUT2D eigenvalue weighted by molar-refractivity contribution is 0.194. The third-order valence-corrected chi connectivity index (χ3v) is 4.36. The van der Waals surface area contributed by atoms with Crippen LogP contribution in [0.4, 0.5) is 10.5 Å². The number of nitrogens with zero attached hydrogens (tertiary/aromatic N) is 2. The minimum atomic E-state index is -1.04. The zero-order valence-corrected chi connectivity index (χ0v) is 14.1. The summed E-state index contributed by atoms with van der Waals surface area (Å²) in [5.74, 6) is 1.23. The molecule has 0 saturated heterocycles. The van der Waals surface area contributed by atoms with E-state index in [9.17, 15) is 4.79 Å². The molecule has 0 atom stereocenters. The van der Waals surface area contributed by atoms with Crippen LogP contribution in [0.3, 0.4) is 0 Å². The molecule has 7 nitrogen and oxygen atoms in total. The number of nitrogens with two attached hydrogens (primary N) is 1. The second kappa shape index (κ2) is 7.63. The summed E-state index contributed by atoms with van der Waals surface area (Å²) >= 11 is 1.55. The number of aromatic amines is 1. The van der Waals surface area contributed by atoms with Gasteiger partial charge in [-0.3, -0.25) is 0 Å². The number of hydrogen-bond donors (Lipinski definition) is 4. The number of amidine groups is 1. The van der Waals surface area contributed by atoms with Crippen molar-refractivity contribution in [2.75, 3.05) is 6.54 Å². The van der Waals surface area contributed by atoms with Crippen LogP contribution >= 0.6 is 11.3 Å². The van der Waals surface area contributed by atoms with Gasteiger partial charge in [0.25, 0.3) is 0 Å². The maximum Gasteiger partial charge on any atom is 0.404 e. The minimum Gasteiger partial charge on any atom is -0.465 e. The molecule has 1 aromatic carbocycles. The maximum atomic E-state index is 10.4. The zero-order chi connectivity index (χ0) is 17.6. The SMILES string of the molecule is NC(=Nc1ccc(-c2cnc(CCNC(=O)O)[nH]2)cc1)c1cccs1. The first-order valence-corrected chi connectivity index (χ1v) is 8.49. The number of aromatic nitrogens is 2. The van der Waals surface area contributed by atoms with Crippen LogP contribution in [0.15, 0.2) is 53.0 Å². The van der Waals surface area contributed by atoms with E-state index < -0.39 is 6.09 Å². The number of aliphatic imine (C=N–C) groups is 1. The molecule has 0 spiro atoms. The van der Waals surface area contributed by atoms with E-state index >= 15 is 0 Å². The molecule has 0 saturated carbocycles. The van der Waals surface area contributed by atoms with Gasteiger partial charge in [-0.15, -0.1) is 11.3 Å². The quantitative estimate of drug-likeness (QED) is 0.402. The number of carbonyl (C=O) groups is 1. The van der Waals surface area contributed by atoms with Crippen LogP contribution in [0.5, 0.6) is 0 Å². The van der Waals surface area contributed by atoms with Crippen LogP contribution in [0.2, 0.25) is 0 Å². The molecule has 0 aliphatic heterocycles. The van der Waals surface area contributed by atoms with Gasteiger partial charge in [0.15, 0.2) is 0 Å². The normalized spacial score (nSPS) is 11.4. The van der Waals surface area contributed by atoms with E-state index in [1.54, 1.807) is 17.5 Å².